The minimum absolute atomic E-state index is 0.0287. The number of nitrogen functional groups attached to an aromatic ring is 1. The van der Waals surface area contributed by atoms with Gasteiger partial charge < -0.3 is 45.8 Å². The summed E-state index contributed by atoms with van der Waals surface area (Å²) >= 11 is 0.933. The second kappa shape index (κ2) is 12.1. The van der Waals surface area contributed by atoms with Crippen molar-refractivity contribution < 1.29 is 63.5 Å². The van der Waals surface area contributed by atoms with E-state index in [0.717, 1.165) is 32.6 Å². The smallest absolute Gasteiger partial charge is 0.372 e. The molecule has 0 aliphatic carbocycles. The van der Waals surface area contributed by atoms with Crippen LogP contribution in [-0.2, 0) is 43.1 Å². The van der Waals surface area contributed by atoms with Gasteiger partial charge in [0.2, 0.25) is 5.60 Å². The fourth-order valence-electron chi connectivity index (χ4n) is 5.70. The summed E-state index contributed by atoms with van der Waals surface area (Å²) in [7, 11) is 0. The van der Waals surface area contributed by atoms with E-state index in [9.17, 15) is 49.2 Å². The number of nitrogens with zero attached hydrogens (tertiary/aromatic N) is 5. The summed E-state index contributed by atoms with van der Waals surface area (Å²) in [5.41, 5.74) is -0.265. The van der Waals surface area contributed by atoms with E-state index in [4.69, 9.17) is 24.9 Å². The minimum atomic E-state index is -2.79. The quantitative estimate of drug-likeness (QED) is 0.0833. The number of aliphatic carboxylic acids is 2. The Hall–Kier alpha value is -5.74. The zero-order chi connectivity index (χ0) is 35.4. The third kappa shape index (κ3) is 5.44. The van der Waals surface area contributed by atoms with Gasteiger partial charge in [-0.1, -0.05) is 5.16 Å². The highest BCUT2D eigenvalue weighted by Crippen LogP contribution is 2.40. The molecule has 6 heterocycles. The number of carbonyl (C=O) groups excluding carboxylic acids is 3. The van der Waals surface area contributed by atoms with Crippen LogP contribution in [-0.4, -0.2) is 112 Å². The van der Waals surface area contributed by atoms with Gasteiger partial charge >= 0.3 is 29.3 Å². The van der Waals surface area contributed by atoms with Gasteiger partial charge in [0.15, 0.2) is 22.3 Å². The summed E-state index contributed by atoms with van der Waals surface area (Å²) in [4.78, 5) is 92.8. The predicted molar refractivity (Wildman–Crippen MR) is 159 cm³/mol. The highest BCUT2D eigenvalue weighted by molar-refractivity contribution is 7.13. The number of anilines is 1. The monoisotopic (exact) mass is 705 g/mol. The number of fused-ring (bicyclic) bond motifs is 1. The van der Waals surface area contributed by atoms with Crippen molar-refractivity contribution in [1.82, 2.24) is 24.3 Å². The molecule has 0 saturated carbocycles. The first-order chi connectivity index (χ1) is 23.2. The number of carbonyl (C=O) groups is 5. The molecule has 22 heteroatoms. The number of amides is 2. The molecule has 260 valence electrons. The average molecular weight is 706 g/mol. The van der Waals surface area contributed by atoms with Crippen LogP contribution in [0.15, 0.2) is 27.6 Å². The Bertz CT molecular complexity index is 2000. The first kappa shape index (κ1) is 33.2. The van der Waals surface area contributed by atoms with Gasteiger partial charge in [-0.2, -0.15) is 5.06 Å². The number of ether oxygens (including phenoxy) is 2. The molecule has 49 heavy (non-hydrogen) atoms. The normalized spacial score (nSPS) is 23.9. The molecule has 3 aromatic heterocycles. The lowest BCUT2D eigenvalue weighted by Gasteiger charge is -2.30. The van der Waals surface area contributed by atoms with Gasteiger partial charge in [0.25, 0.3) is 11.8 Å². The molecule has 3 aromatic rings. The molecule has 3 aliphatic rings. The summed E-state index contributed by atoms with van der Waals surface area (Å²) in [6.45, 7) is 0.870. The number of oxime groups is 1. The van der Waals surface area contributed by atoms with Crippen molar-refractivity contribution in [3.8, 4) is 11.5 Å². The maximum atomic E-state index is 13.6. The summed E-state index contributed by atoms with van der Waals surface area (Å²) in [5.74, 6) is -7.84. The van der Waals surface area contributed by atoms with Gasteiger partial charge in [-0.15, -0.1) is 11.3 Å². The maximum absolute atomic E-state index is 13.6. The first-order valence-corrected chi connectivity index (χ1v) is 15.2. The Labute approximate surface area is 276 Å². The predicted octanol–water partition coefficient (Wildman–Crippen LogP) is -1.56. The zero-order valence-corrected chi connectivity index (χ0v) is 26.0. The molecule has 7 N–H and O–H groups in total. The Morgan fingerprint density at radius 2 is 1.86 bits per heavy atom. The van der Waals surface area contributed by atoms with Crippen LogP contribution in [0.1, 0.15) is 36.7 Å². The zero-order valence-electron chi connectivity index (χ0n) is 25.2. The summed E-state index contributed by atoms with van der Waals surface area (Å²) in [5, 5.41) is 47.6. The Morgan fingerprint density at radius 1 is 1.14 bits per heavy atom. The topological polar surface area (TPSA) is 296 Å². The lowest BCUT2D eigenvalue weighted by Crippen LogP contribution is -2.57. The van der Waals surface area contributed by atoms with Crippen molar-refractivity contribution in [2.24, 2.45) is 5.16 Å². The molecular formula is C27H27N7O14S. The van der Waals surface area contributed by atoms with Crippen LogP contribution >= 0.6 is 11.3 Å². The van der Waals surface area contributed by atoms with E-state index in [2.05, 4.69) is 15.5 Å². The number of hydrogen-bond donors (Lipinski definition) is 6. The SMILES string of the molecule is Cc1c2cc(O)c(O)cn2c(=O)n1C1CC(C(=O)O)(N2OC[C@H](NC(=O)/C(=N\OC3(C(=O)O)CCOCC3)c3csc(N)n3)C2=O)OC1=O. The van der Waals surface area contributed by atoms with Crippen LogP contribution in [0.3, 0.4) is 0 Å². The second-order valence-electron chi connectivity index (χ2n) is 11.2. The lowest BCUT2D eigenvalue weighted by atomic mass is 9.95. The fraction of sp³-hybridized carbons (Fsp3) is 0.407. The number of nitrogens with one attached hydrogen (secondary N) is 1. The summed E-state index contributed by atoms with van der Waals surface area (Å²) < 4.78 is 12.3. The van der Waals surface area contributed by atoms with Crippen LogP contribution < -0.4 is 16.7 Å². The number of rotatable bonds is 9. The van der Waals surface area contributed by atoms with Crippen LogP contribution in [0, 0.1) is 6.92 Å². The minimum Gasteiger partial charge on any atom is -0.504 e. The van der Waals surface area contributed by atoms with Crippen molar-refractivity contribution in [2.45, 2.75) is 49.6 Å². The Kier molecular flexibility index (Phi) is 8.16. The Morgan fingerprint density at radius 3 is 2.49 bits per heavy atom. The van der Waals surface area contributed by atoms with Crippen molar-refractivity contribution in [2.75, 3.05) is 25.6 Å². The number of pyridine rings is 1. The number of aromatic hydroxyl groups is 2. The molecule has 0 aromatic carbocycles. The Balaban J connectivity index is 1.26. The first-order valence-electron chi connectivity index (χ1n) is 14.4. The number of aromatic nitrogens is 3. The molecule has 2 unspecified atom stereocenters. The molecule has 3 aliphatic heterocycles. The number of hydrogen-bond acceptors (Lipinski definition) is 16. The molecule has 2 amide bonds. The number of thiazole rings is 1. The highest BCUT2D eigenvalue weighted by atomic mass is 32.1. The molecular weight excluding hydrogens is 678 g/mol. The van der Waals surface area contributed by atoms with E-state index >= 15 is 0 Å². The van der Waals surface area contributed by atoms with Crippen LogP contribution in [0.5, 0.6) is 11.5 Å². The van der Waals surface area contributed by atoms with Gasteiger partial charge in [-0.3, -0.25) is 23.4 Å². The van der Waals surface area contributed by atoms with Crippen molar-refractivity contribution in [1.29, 1.82) is 0 Å². The van der Waals surface area contributed by atoms with Crippen molar-refractivity contribution >= 4 is 57.4 Å². The average Bonchev–Trinajstić information content (AvgIpc) is 3.80. The van der Waals surface area contributed by atoms with E-state index in [1.165, 1.54) is 12.3 Å². The van der Waals surface area contributed by atoms with Gasteiger partial charge in [0, 0.05) is 30.0 Å². The number of hydroxylamine groups is 2. The molecule has 21 nitrogen and oxygen atoms in total. The van der Waals surface area contributed by atoms with E-state index < -0.39 is 89.1 Å². The van der Waals surface area contributed by atoms with Gasteiger partial charge in [-0.25, -0.2) is 24.2 Å². The number of carboxylic acid groups (broad SMARTS) is 2. The third-order valence-electron chi connectivity index (χ3n) is 8.33. The standard InChI is InChI=1S/C27H27N7O14S/c1-11-14-6-16(35)17(36)8-32(14)25(44)33(11)15-7-27(23(42)43,47-21(15)39)34-20(38)12(9-46-34)29-19(37)18(13-10-49-24(28)30-13)31-48-26(22(40)41)2-4-45-5-3-26/h6,8,10,12,15,35-36H,2-5,7,9H2,1H3,(H2,28,30)(H,29,37)(H,40,41)(H,42,43)/b31-18-/t12-,15?,27?/m0/s1. The highest BCUT2D eigenvalue weighted by Gasteiger charge is 2.63. The number of cyclic esters (lactones) is 1. The fourth-order valence-corrected chi connectivity index (χ4v) is 6.24. The molecule has 6 rings (SSSR count). The van der Waals surface area contributed by atoms with E-state index in [0.29, 0.717) is 0 Å². The van der Waals surface area contributed by atoms with E-state index in [1.807, 2.05) is 0 Å². The number of nitrogens with two attached hydrogens (primary N) is 1. The molecule has 3 atom stereocenters. The van der Waals surface area contributed by atoms with Crippen molar-refractivity contribution in [3.63, 3.8) is 0 Å². The van der Waals surface area contributed by atoms with Crippen LogP contribution in [0.4, 0.5) is 5.13 Å². The van der Waals surface area contributed by atoms with Crippen molar-refractivity contribution in [3.05, 3.63) is 39.5 Å². The van der Waals surface area contributed by atoms with Crippen LogP contribution in [0.2, 0.25) is 0 Å². The lowest BCUT2D eigenvalue weighted by molar-refractivity contribution is -0.256. The van der Waals surface area contributed by atoms with Gasteiger partial charge in [0.1, 0.15) is 24.4 Å². The summed E-state index contributed by atoms with van der Waals surface area (Å²) in [6, 6.07) is -2.11. The van der Waals surface area contributed by atoms with E-state index in [1.54, 1.807) is 0 Å². The molecule has 0 bridgehead atoms. The summed E-state index contributed by atoms with van der Waals surface area (Å²) in [6.07, 6.45) is -0.0776. The third-order valence-corrected chi connectivity index (χ3v) is 9.01. The van der Waals surface area contributed by atoms with Gasteiger partial charge in [0.05, 0.1) is 31.3 Å². The van der Waals surface area contributed by atoms with E-state index in [-0.39, 0.29) is 53.2 Å². The van der Waals surface area contributed by atoms with Crippen LogP contribution in [0.25, 0.3) is 5.52 Å². The molecule has 3 fully saturated rings. The number of aryl methyl sites for hydroxylation is 1. The maximum Gasteiger partial charge on any atom is 0.372 e. The van der Waals surface area contributed by atoms with Gasteiger partial charge in [-0.05, 0) is 6.92 Å². The number of carboxylic acids is 2. The number of imidazole rings is 1. The molecule has 0 radical (unpaired) electrons. The molecule has 0 spiro atoms. The second-order valence-corrected chi connectivity index (χ2v) is 12.1. The largest absolute Gasteiger partial charge is 0.504 e. The molecule has 3 saturated heterocycles. The number of esters is 1.